The van der Waals surface area contributed by atoms with Crippen LogP contribution in [0.4, 0.5) is 0 Å². The van der Waals surface area contributed by atoms with Crippen LogP contribution in [0, 0.1) is 0 Å². The van der Waals surface area contributed by atoms with Crippen molar-refractivity contribution < 1.29 is 4.79 Å². The lowest BCUT2D eigenvalue weighted by atomic mass is 10.1. The highest BCUT2D eigenvalue weighted by atomic mass is 35.5. The number of hydrogen-bond acceptors (Lipinski definition) is 4. The van der Waals surface area contributed by atoms with Gasteiger partial charge in [0.05, 0.1) is 6.54 Å². The monoisotopic (exact) mass is 434 g/mol. The standard InChI is InChI=1S/C23H19ClN4OS/c24-19-13-11-18(12-14-19)22-26-27-23(28(22)15-16-7-3-1-4-8-16)30-20(21(25)29)17-9-5-2-6-10-17/h1-14,20H,15H2,(H2,25,29). The van der Waals surface area contributed by atoms with Crippen LogP contribution in [0.5, 0.6) is 0 Å². The Labute approximate surface area is 183 Å². The van der Waals surface area contributed by atoms with E-state index in [9.17, 15) is 4.79 Å². The molecule has 1 aromatic heterocycles. The Morgan fingerprint density at radius 1 is 0.933 bits per heavy atom. The van der Waals surface area contributed by atoms with Gasteiger partial charge in [-0.2, -0.15) is 0 Å². The maximum Gasteiger partial charge on any atom is 0.235 e. The predicted octanol–water partition coefficient (Wildman–Crippen LogP) is 4.97. The number of carbonyl (C=O) groups is 1. The van der Waals surface area contributed by atoms with Gasteiger partial charge in [-0.3, -0.25) is 9.36 Å². The van der Waals surface area contributed by atoms with Crippen molar-refractivity contribution in [3.63, 3.8) is 0 Å². The zero-order valence-electron chi connectivity index (χ0n) is 16.0. The van der Waals surface area contributed by atoms with Crippen molar-refractivity contribution in [3.05, 3.63) is 101 Å². The summed E-state index contributed by atoms with van der Waals surface area (Å²) in [4.78, 5) is 12.2. The molecule has 0 saturated carbocycles. The van der Waals surface area contributed by atoms with Gasteiger partial charge in [0, 0.05) is 10.6 Å². The van der Waals surface area contributed by atoms with E-state index in [2.05, 4.69) is 10.2 Å². The first kappa shape index (κ1) is 20.2. The minimum Gasteiger partial charge on any atom is -0.368 e. The molecule has 3 aromatic carbocycles. The second-order valence-electron chi connectivity index (χ2n) is 6.70. The first-order valence-electron chi connectivity index (χ1n) is 9.36. The number of nitrogens with two attached hydrogens (primary N) is 1. The smallest absolute Gasteiger partial charge is 0.235 e. The van der Waals surface area contributed by atoms with Crippen molar-refractivity contribution in [3.8, 4) is 11.4 Å². The highest BCUT2D eigenvalue weighted by Gasteiger charge is 2.24. The van der Waals surface area contributed by atoms with Gasteiger partial charge in [-0.1, -0.05) is 84.0 Å². The van der Waals surface area contributed by atoms with Crippen molar-refractivity contribution in [1.29, 1.82) is 0 Å². The molecular formula is C23H19ClN4OS. The molecular weight excluding hydrogens is 416 g/mol. The van der Waals surface area contributed by atoms with E-state index in [1.54, 1.807) is 0 Å². The lowest BCUT2D eigenvalue weighted by molar-refractivity contribution is -0.117. The zero-order chi connectivity index (χ0) is 20.9. The van der Waals surface area contributed by atoms with Gasteiger partial charge >= 0.3 is 0 Å². The summed E-state index contributed by atoms with van der Waals surface area (Å²) in [5.74, 6) is 0.280. The molecule has 30 heavy (non-hydrogen) atoms. The van der Waals surface area contributed by atoms with Gasteiger partial charge in [0.25, 0.3) is 0 Å². The number of primary amides is 1. The maximum atomic E-state index is 12.2. The lowest BCUT2D eigenvalue weighted by Crippen LogP contribution is -2.19. The van der Waals surface area contributed by atoms with Gasteiger partial charge in [0.2, 0.25) is 5.91 Å². The fourth-order valence-electron chi connectivity index (χ4n) is 3.12. The van der Waals surface area contributed by atoms with E-state index in [-0.39, 0.29) is 0 Å². The summed E-state index contributed by atoms with van der Waals surface area (Å²) in [6, 6.07) is 27.0. The number of hydrogen-bond donors (Lipinski definition) is 1. The fraction of sp³-hybridized carbons (Fsp3) is 0.0870. The largest absolute Gasteiger partial charge is 0.368 e. The van der Waals surface area contributed by atoms with Crippen LogP contribution >= 0.6 is 23.4 Å². The summed E-state index contributed by atoms with van der Waals surface area (Å²) < 4.78 is 2.00. The van der Waals surface area contributed by atoms with Gasteiger partial charge < -0.3 is 5.73 Å². The minimum atomic E-state index is -0.567. The van der Waals surface area contributed by atoms with Crippen LogP contribution in [0.1, 0.15) is 16.4 Å². The number of thioether (sulfide) groups is 1. The first-order chi connectivity index (χ1) is 14.6. The highest BCUT2D eigenvalue weighted by Crippen LogP contribution is 2.36. The molecule has 5 nitrogen and oxygen atoms in total. The molecule has 1 amide bonds. The van der Waals surface area contributed by atoms with Gasteiger partial charge in [0.15, 0.2) is 11.0 Å². The third kappa shape index (κ3) is 4.56. The number of carbonyl (C=O) groups excluding carboxylic acids is 1. The average Bonchev–Trinajstić information content (AvgIpc) is 3.16. The molecule has 0 saturated heterocycles. The summed E-state index contributed by atoms with van der Waals surface area (Å²) in [5, 5.41) is 9.52. The van der Waals surface area contributed by atoms with Crippen molar-refractivity contribution in [1.82, 2.24) is 14.8 Å². The lowest BCUT2D eigenvalue weighted by Gasteiger charge is -2.15. The van der Waals surface area contributed by atoms with Gasteiger partial charge in [-0.25, -0.2) is 0 Å². The number of halogens is 1. The SMILES string of the molecule is NC(=O)C(Sc1nnc(-c2ccc(Cl)cc2)n1Cc1ccccc1)c1ccccc1. The van der Waals surface area contributed by atoms with Crippen LogP contribution in [-0.2, 0) is 11.3 Å². The van der Waals surface area contributed by atoms with E-state index in [1.165, 1.54) is 11.8 Å². The van der Waals surface area contributed by atoms with E-state index in [1.807, 2.05) is 89.5 Å². The van der Waals surface area contributed by atoms with Gasteiger partial charge in [0.1, 0.15) is 5.25 Å². The topological polar surface area (TPSA) is 73.8 Å². The van der Waals surface area contributed by atoms with E-state index in [4.69, 9.17) is 17.3 Å². The molecule has 0 spiro atoms. The van der Waals surface area contributed by atoms with Crippen LogP contribution < -0.4 is 5.73 Å². The van der Waals surface area contributed by atoms with Gasteiger partial charge in [-0.05, 0) is 35.4 Å². The molecule has 0 radical (unpaired) electrons. The average molecular weight is 435 g/mol. The van der Waals surface area contributed by atoms with Gasteiger partial charge in [-0.15, -0.1) is 10.2 Å². The van der Waals surface area contributed by atoms with Crippen molar-refractivity contribution >= 4 is 29.3 Å². The molecule has 0 aliphatic carbocycles. The first-order valence-corrected chi connectivity index (χ1v) is 10.6. The van der Waals surface area contributed by atoms with E-state index >= 15 is 0 Å². The second kappa shape index (κ2) is 9.15. The Hall–Kier alpha value is -3.09. The molecule has 1 unspecified atom stereocenters. The zero-order valence-corrected chi connectivity index (χ0v) is 17.6. The molecule has 2 N–H and O–H groups in total. The van der Waals surface area contributed by atoms with E-state index in [0.717, 1.165) is 16.7 Å². The predicted molar refractivity (Wildman–Crippen MR) is 120 cm³/mol. The highest BCUT2D eigenvalue weighted by molar-refractivity contribution is 8.00. The minimum absolute atomic E-state index is 0.423. The number of benzene rings is 3. The molecule has 0 aliphatic rings. The molecule has 150 valence electrons. The Bertz CT molecular complexity index is 1130. The molecule has 4 rings (SSSR count). The fourth-order valence-corrected chi connectivity index (χ4v) is 4.23. The summed E-state index contributed by atoms with van der Waals surface area (Å²) in [6.45, 7) is 0.564. The number of rotatable bonds is 7. The third-order valence-electron chi connectivity index (χ3n) is 4.59. The van der Waals surface area contributed by atoms with Crippen LogP contribution in [-0.4, -0.2) is 20.7 Å². The van der Waals surface area contributed by atoms with Crippen LogP contribution in [0.15, 0.2) is 90.1 Å². The Balaban J connectivity index is 1.75. The summed E-state index contributed by atoms with van der Waals surface area (Å²) in [5.41, 5.74) is 8.55. The second-order valence-corrected chi connectivity index (χ2v) is 8.20. The third-order valence-corrected chi connectivity index (χ3v) is 6.09. The Kier molecular flexibility index (Phi) is 6.16. The Morgan fingerprint density at radius 2 is 1.57 bits per heavy atom. The number of amides is 1. The number of aromatic nitrogens is 3. The summed E-state index contributed by atoms with van der Waals surface area (Å²) in [6.07, 6.45) is 0. The van der Waals surface area contributed by atoms with Crippen molar-refractivity contribution in [2.75, 3.05) is 0 Å². The van der Waals surface area contributed by atoms with Crippen LogP contribution in [0.2, 0.25) is 5.02 Å². The van der Waals surface area contributed by atoms with Crippen molar-refractivity contribution in [2.24, 2.45) is 5.73 Å². The molecule has 0 aliphatic heterocycles. The molecule has 1 heterocycles. The molecule has 4 aromatic rings. The molecule has 0 bridgehead atoms. The molecule has 7 heteroatoms. The normalized spacial score (nSPS) is 11.9. The quantitative estimate of drug-likeness (QED) is 0.417. The van der Waals surface area contributed by atoms with Crippen LogP contribution in [0.25, 0.3) is 11.4 Å². The van der Waals surface area contributed by atoms with Crippen molar-refractivity contribution in [2.45, 2.75) is 17.0 Å². The summed E-state index contributed by atoms with van der Waals surface area (Å²) >= 11 is 7.35. The molecule has 1 atom stereocenters. The maximum absolute atomic E-state index is 12.2. The molecule has 0 fully saturated rings. The number of nitrogens with zero attached hydrogens (tertiary/aromatic N) is 3. The summed E-state index contributed by atoms with van der Waals surface area (Å²) in [7, 11) is 0. The Morgan fingerprint density at radius 3 is 2.20 bits per heavy atom. The van der Waals surface area contributed by atoms with E-state index in [0.29, 0.717) is 22.5 Å². The van der Waals surface area contributed by atoms with E-state index < -0.39 is 11.2 Å². The van der Waals surface area contributed by atoms with Crippen LogP contribution in [0.3, 0.4) is 0 Å².